The first kappa shape index (κ1) is 20.2. The lowest BCUT2D eigenvalue weighted by Crippen LogP contribution is -2.27. The van der Waals surface area contributed by atoms with E-state index in [1.165, 1.54) is 22.3 Å². The molecule has 28 heavy (non-hydrogen) atoms. The van der Waals surface area contributed by atoms with Crippen molar-refractivity contribution in [3.8, 4) is 11.5 Å². The molecule has 0 saturated carbocycles. The number of nitrogens with zero attached hydrogens (tertiary/aromatic N) is 1. The molecule has 148 valence electrons. The first-order valence-electron chi connectivity index (χ1n) is 9.22. The minimum atomic E-state index is -0.986. The summed E-state index contributed by atoms with van der Waals surface area (Å²) in [6.45, 7) is 2.24. The number of hydrogen-bond donors (Lipinski definition) is 1. The number of likely N-dealkylation sites (tertiary alicyclic amines) is 1. The summed E-state index contributed by atoms with van der Waals surface area (Å²) in [5, 5.41) is 8.91. The average Bonchev–Trinajstić information content (AvgIpc) is 2.84. The van der Waals surface area contributed by atoms with Gasteiger partial charge in [-0.15, -0.1) is 12.4 Å². The lowest BCUT2D eigenvalue weighted by atomic mass is 9.86. The van der Waals surface area contributed by atoms with Crippen LogP contribution in [0.3, 0.4) is 0 Å². The van der Waals surface area contributed by atoms with Crippen LogP contribution >= 0.6 is 12.4 Å². The maximum atomic E-state index is 10.9. The van der Waals surface area contributed by atoms with Crippen molar-refractivity contribution in [2.75, 3.05) is 26.7 Å². The predicted molar refractivity (Wildman–Crippen MR) is 110 cm³/mol. The quantitative estimate of drug-likeness (QED) is 0.842. The van der Waals surface area contributed by atoms with E-state index in [2.05, 4.69) is 30.1 Å². The molecule has 0 bridgehead atoms. The number of carboxylic acids is 1. The number of piperidine rings is 1. The number of ether oxygens (including phenoxy) is 2. The highest BCUT2D eigenvalue weighted by Gasteiger charge is 2.24. The van der Waals surface area contributed by atoms with Gasteiger partial charge in [-0.2, -0.15) is 0 Å². The third-order valence-electron chi connectivity index (χ3n) is 5.20. The summed E-state index contributed by atoms with van der Waals surface area (Å²) in [6.07, 6.45) is 2.03. The molecule has 1 saturated heterocycles. The van der Waals surface area contributed by atoms with Gasteiger partial charge in [-0.05, 0) is 54.8 Å². The van der Waals surface area contributed by atoms with Crippen molar-refractivity contribution in [1.29, 1.82) is 0 Å². The van der Waals surface area contributed by atoms with Gasteiger partial charge in [-0.25, -0.2) is 4.79 Å². The van der Waals surface area contributed by atoms with Crippen LogP contribution in [0.25, 0.3) is 5.57 Å². The summed E-state index contributed by atoms with van der Waals surface area (Å²) in [4.78, 5) is 13.2. The molecule has 1 N–H and O–H groups in total. The lowest BCUT2D eigenvalue weighted by Gasteiger charge is -2.27. The SMILES string of the molecule is CN1CCC(=C2c3ccccc3COc3ccc(OCC(=O)O)cc32)CC1.Cl. The van der Waals surface area contributed by atoms with Gasteiger partial charge in [0.05, 0.1) is 0 Å². The molecule has 6 heteroatoms. The molecule has 0 aromatic heterocycles. The van der Waals surface area contributed by atoms with Crippen LogP contribution in [-0.4, -0.2) is 42.7 Å². The largest absolute Gasteiger partial charge is 0.488 e. The molecule has 4 rings (SSSR count). The Balaban J connectivity index is 0.00000225. The maximum absolute atomic E-state index is 10.9. The molecule has 5 nitrogen and oxygen atoms in total. The van der Waals surface area contributed by atoms with E-state index in [-0.39, 0.29) is 19.0 Å². The van der Waals surface area contributed by atoms with E-state index < -0.39 is 5.97 Å². The fourth-order valence-corrected chi connectivity index (χ4v) is 3.78. The zero-order valence-electron chi connectivity index (χ0n) is 15.8. The van der Waals surface area contributed by atoms with Crippen LogP contribution in [0.1, 0.15) is 29.5 Å². The molecule has 1 fully saturated rings. The summed E-state index contributed by atoms with van der Waals surface area (Å²) >= 11 is 0. The fraction of sp³-hybridized carbons (Fsp3) is 0.318. The molecule has 2 heterocycles. The van der Waals surface area contributed by atoms with Crippen molar-refractivity contribution in [3.05, 3.63) is 64.7 Å². The van der Waals surface area contributed by atoms with Gasteiger partial charge in [-0.1, -0.05) is 29.8 Å². The second-order valence-corrected chi connectivity index (χ2v) is 7.07. The first-order chi connectivity index (χ1) is 13.1. The number of aliphatic carboxylic acids is 1. The number of fused-ring (bicyclic) bond motifs is 2. The van der Waals surface area contributed by atoms with Crippen molar-refractivity contribution in [1.82, 2.24) is 4.90 Å². The number of carbonyl (C=O) groups is 1. The Morgan fingerprint density at radius 1 is 1.14 bits per heavy atom. The van der Waals surface area contributed by atoms with E-state index in [9.17, 15) is 4.79 Å². The normalized spacial score (nSPS) is 16.2. The Bertz CT molecular complexity index is 899. The van der Waals surface area contributed by atoms with E-state index in [1.807, 2.05) is 18.2 Å². The topological polar surface area (TPSA) is 59.0 Å². The van der Waals surface area contributed by atoms with Crippen molar-refractivity contribution < 1.29 is 19.4 Å². The van der Waals surface area contributed by atoms with Gasteiger partial charge in [-0.3, -0.25) is 0 Å². The van der Waals surface area contributed by atoms with Gasteiger partial charge < -0.3 is 19.5 Å². The second kappa shape index (κ2) is 8.67. The van der Waals surface area contributed by atoms with Crippen LogP contribution in [0.5, 0.6) is 11.5 Å². The maximum Gasteiger partial charge on any atom is 0.341 e. The number of carboxylic acid groups (broad SMARTS) is 1. The number of rotatable bonds is 3. The second-order valence-electron chi connectivity index (χ2n) is 7.07. The molecule has 0 unspecified atom stereocenters. The molecule has 2 aromatic carbocycles. The van der Waals surface area contributed by atoms with Crippen molar-refractivity contribution in [2.24, 2.45) is 0 Å². The monoisotopic (exact) mass is 401 g/mol. The van der Waals surface area contributed by atoms with Gasteiger partial charge in [0.15, 0.2) is 6.61 Å². The van der Waals surface area contributed by atoms with Gasteiger partial charge in [0.2, 0.25) is 0 Å². The molecule has 0 spiro atoms. The highest BCUT2D eigenvalue weighted by atomic mass is 35.5. The van der Waals surface area contributed by atoms with Crippen molar-refractivity contribution >= 4 is 23.9 Å². The summed E-state index contributed by atoms with van der Waals surface area (Å²) < 4.78 is 11.5. The van der Waals surface area contributed by atoms with Crippen molar-refractivity contribution in [3.63, 3.8) is 0 Å². The molecule has 2 aliphatic rings. The molecule has 0 atom stereocenters. The predicted octanol–water partition coefficient (Wildman–Crippen LogP) is 3.99. The van der Waals surface area contributed by atoms with Crippen LogP contribution in [-0.2, 0) is 11.4 Å². The Morgan fingerprint density at radius 2 is 1.89 bits per heavy atom. The van der Waals surface area contributed by atoms with Gasteiger partial charge in [0, 0.05) is 18.7 Å². The molecule has 0 radical (unpaired) electrons. The minimum absolute atomic E-state index is 0. The Hall–Kier alpha value is -2.50. The number of benzene rings is 2. The van der Waals surface area contributed by atoms with Crippen LogP contribution < -0.4 is 9.47 Å². The van der Waals surface area contributed by atoms with Crippen LogP contribution in [0.2, 0.25) is 0 Å². The average molecular weight is 402 g/mol. The number of hydrogen-bond acceptors (Lipinski definition) is 4. The van der Waals surface area contributed by atoms with Crippen molar-refractivity contribution in [2.45, 2.75) is 19.4 Å². The zero-order chi connectivity index (χ0) is 18.8. The summed E-state index contributed by atoms with van der Waals surface area (Å²) in [7, 11) is 2.15. The van der Waals surface area contributed by atoms with Gasteiger partial charge in [0.1, 0.15) is 18.1 Å². The third kappa shape index (κ3) is 4.16. The molecule has 2 aromatic rings. The third-order valence-corrected chi connectivity index (χ3v) is 5.20. The van der Waals surface area contributed by atoms with Crippen LogP contribution in [0, 0.1) is 0 Å². The lowest BCUT2D eigenvalue weighted by molar-refractivity contribution is -0.139. The highest BCUT2D eigenvalue weighted by molar-refractivity contribution is 5.87. The zero-order valence-corrected chi connectivity index (χ0v) is 16.6. The first-order valence-corrected chi connectivity index (χ1v) is 9.22. The van der Waals surface area contributed by atoms with Gasteiger partial charge in [0.25, 0.3) is 0 Å². The molecular formula is C22H24ClNO4. The van der Waals surface area contributed by atoms with E-state index in [0.717, 1.165) is 37.2 Å². The Kier molecular flexibility index (Phi) is 6.27. The number of halogens is 1. The minimum Gasteiger partial charge on any atom is -0.488 e. The Morgan fingerprint density at radius 3 is 2.64 bits per heavy atom. The standard InChI is InChI=1S/C22H23NO4.ClH/c1-23-10-8-15(9-11-23)22-18-5-3-2-4-16(18)13-27-20-7-6-17(12-19(20)22)26-14-21(24)25;/h2-7,12H,8-11,13-14H2,1H3,(H,24,25);1H. The summed E-state index contributed by atoms with van der Waals surface area (Å²) in [5.41, 5.74) is 5.99. The smallest absolute Gasteiger partial charge is 0.341 e. The van der Waals surface area contributed by atoms with Gasteiger partial charge >= 0.3 is 5.97 Å². The molecule has 2 aliphatic heterocycles. The van der Waals surface area contributed by atoms with E-state index in [4.69, 9.17) is 14.6 Å². The highest BCUT2D eigenvalue weighted by Crippen LogP contribution is 2.42. The van der Waals surface area contributed by atoms with E-state index in [1.54, 1.807) is 6.07 Å². The molecule has 0 aliphatic carbocycles. The molecular weight excluding hydrogens is 378 g/mol. The fourth-order valence-electron chi connectivity index (χ4n) is 3.78. The summed E-state index contributed by atoms with van der Waals surface area (Å²) in [6, 6.07) is 13.9. The van der Waals surface area contributed by atoms with E-state index in [0.29, 0.717) is 12.4 Å². The van der Waals surface area contributed by atoms with Crippen LogP contribution in [0.15, 0.2) is 48.0 Å². The summed E-state index contributed by atoms with van der Waals surface area (Å²) in [5.74, 6) is 0.376. The van der Waals surface area contributed by atoms with E-state index >= 15 is 0 Å². The molecule has 0 amide bonds. The Labute approximate surface area is 171 Å². The van der Waals surface area contributed by atoms with Crippen LogP contribution in [0.4, 0.5) is 0 Å².